The average Bonchev–Trinajstić information content (AvgIpc) is 2.44. The molecular weight excluding hydrogens is 279 g/mol. The number of aromatic hydroxyl groups is 2. The lowest BCUT2D eigenvalue weighted by Gasteiger charge is -2.16. The second-order valence-corrected chi connectivity index (χ2v) is 4.79. The van der Waals surface area contributed by atoms with Gasteiger partial charge in [0.2, 0.25) is 10.9 Å². The van der Waals surface area contributed by atoms with Crippen molar-refractivity contribution in [2.75, 3.05) is 0 Å². The monoisotopic (exact) mass is 294 g/mol. The Morgan fingerprint density at radius 1 is 1.10 bits per heavy atom. The predicted octanol–water partition coefficient (Wildman–Crippen LogP) is 0.555. The largest absolute Gasteiger partial charge is 0.503 e. The van der Waals surface area contributed by atoms with Crippen molar-refractivity contribution in [3.8, 4) is 11.5 Å². The number of hydrogen-bond acceptors (Lipinski definition) is 4. The second-order valence-electron chi connectivity index (χ2n) is 4.79. The number of aromatic nitrogens is 2. The van der Waals surface area contributed by atoms with Crippen LogP contribution in [0.4, 0.5) is 4.39 Å². The zero-order valence-electron chi connectivity index (χ0n) is 11.6. The van der Waals surface area contributed by atoms with Crippen LogP contribution in [0.5, 0.6) is 11.5 Å². The van der Waals surface area contributed by atoms with Crippen LogP contribution in [0.3, 0.4) is 0 Å². The molecule has 0 amide bonds. The first-order valence-corrected chi connectivity index (χ1v) is 6.20. The molecular formula is C14H15FN2O4. The minimum atomic E-state index is -0.840. The van der Waals surface area contributed by atoms with Crippen molar-refractivity contribution < 1.29 is 14.6 Å². The molecule has 2 aromatic heterocycles. The highest BCUT2D eigenvalue weighted by Gasteiger charge is 2.15. The Labute approximate surface area is 119 Å². The summed E-state index contributed by atoms with van der Waals surface area (Å²) in [6, 6.07) is 2.25. The lowest BCUT2D eigenvalue weighted by Crippen LogP contribution is -2.17. The van der Waals surface area contributed by atoms with E-state index in [9.17, 15) is 24.2 Å². The molecule has 21 heavy (non-hydrogen) atoms. The maximum Gasteiger partial charge on any atom is 0.223 e. The quantitative estimate of drug-likeness (QED) is 0.866. The lowest BCUT2D eigenvalue weighted by molar-refractivity contribution is 0.433. The Balaban J connectivity index is 2.59. The predicted molar refractivity (Wildman–Crippen MR) is 74.3 cm³/mol. The van der Waals surface area contributed by atoms with Crippen LogP contribution in [0, 0.1) is 0 Å². The van der Waals surface area contributed by atoms with Crippen molar-refractivity contribution >= 4 is 0 Å². The van der Waals surface area contributed by atoms with Crippen LogP contribution in [-0.2, 0) is 27.2 Å². The minimum Gasteiger partial charge on any atom is -0.503 e. The summed E-state index contributed by atoms with van der Waals surface area (Å²) in [5.74, 6) is -0.868. The molecule has 0 saturated carbocycles. The molecule has 0 radical (unpaired) electrons. The molecule has 2 aromatic rings. The highest BCUT2D eigenvalue weighted by Crippen LogP contribution is 2.18. The number of rotatable bonds is 3. The topological polar surface area (TPSA) is 84.5 Å². The molecule has 0 bridgehead atoms. The third-order valence-corrected chi connectivity index (χ3v) is 3.44. The Morgan fingerprint density at radius 3 is 2.33 bits per heavy atom. The van der Waals surface area contributed by atoms with E-state index >= 15 is 0 Å². The average molecular weight is 294 g/mol. The van der Waals surface area contributed by atoms with Crippen molar-refractivity contribution in [2.24, 2.45) is 14.1 Å². The van der Waals surface area contributed by atoms with E-state index in [1.54, 1.807) is 7.05 Å². The van der Waals surface area contributed by atoms with Gasteiger partial charge in [-0.15, -0.1) is 0 Å². The number of alkyl halides is 1. The summed E-state index contributed by atoms with van der Waals surface area (Å²) in [5.41, 5.74) is -0.416. The molecule has 0 aliphatic rings. The summed E-state index contributed by atoms with van der Waals surface area (Å²) < 4.78 is 15.8. The van der Waals surface area contributed by atoms with Crippen molar-refractivity contribution in [1.82, 2.24) is 9.13 Å². The summed E-state index contributed by atoms with van der Waals surface area (Å²) in [7, 11) is 3.14. The van der Waals surface area contributed by atoms with E-state index in [1.165, 1.54) is 28.4 Å². The van der Waals surface area contributed by atoms with Gasteiger partial charge in [0, 0.05) is 44.5 Å². The fourth-order valence-electron chi connectivity index (χ4n) is 2.13. The third-order valence-electron chi connectivity index (χ3n) is 3.44. The van der Waals surface area contributed by atoms with Gasteiger partial charge in [0.1, 0.15) is 6.67 Å². The molecule has 0 unspecified atom stereocenters. The van der Waals surface area contributed by atoms with E-state index in [-0.39, 0.29) is 17.8 Å². The highest BCUT2D eigenvalue weighted by atomic mass is 19.1. The highest BCUT2D eigenvalue weighted by molar-refractivity contribution is 5.33. The number of halogens is 1. The zero-order chi connectivity index (χ0) is 15.7. The maximum atomic E-state index is 12.9. The first-order valence-electron chi connectivity index (χ1n) is 6.20. The minimum absolute atomic E-state index is 0.0530. The lowest BCUT2D eigenvalue weighted by atomic mass is 10.1. The van der Waals surface area contributed by atoms with Gasteiger partial charge < -0.3 is 19.3 Å². The van der Waals surface area contributed by atoms with Crippen molar-refractivity contribution in [2.45, 2.75) is 13.1 Å². The molecule has 2 N–H and O–H groups in total. The third kappa shape index (κ3) is 2.67. The van der Waals surface area contributed by atoms with E-state index in [2.05, 4.69) is 0 Å². The summed E-state index contributed by atoms with van der Waals surface area (Å²) in [6.45, 7) is -0.840. The van der Waals surface area contributed by atoms with E-state index in [0.717, 1.165) is 6.07 Å². The van der Waals surface area contributed by atoms with Crippen LogP contribution >= 0.6 is 0 Å². The van der Waals surface area contributed by atoms with E-state index < -0.39 is 29.0 Å². The molecule has 0 saturated heterocycles. The Morgan fingerprint density at radius 2 is 1.71 bits per heavy atom. The summed E-state index contributed by atoms with van der Waals surface area (Å²) in [6.07, 6.45) is 1.29. The summed E-state index contributed by atoms with van der Waals surface area (Å²) in [4.78, 5) is 23.1. The van der Waals surface area contributed by atoms with Gasteiger partial charge in [-0.1, -0.05) is 0 Å². The normalized spacial score (nSPS) is 10.8. The molecule has 0 spiro atoms. The summed E-state index contributed by atoms with van der Waals surface area (Å²) >= 11 is 0. The van der Waals surface area contributed by atoms with Crippen molar-refractivity contribution in [1.29, 1.82) is 0 Å². The number of nitrogens with zero attached hydrogens (tertiary/aromatic N) is 2. The van der Waals surface area contributed by atoms with Gasteiger partial charge in [0.05, 0.1) is 11.4 Å². The SMILES string of the molecule is Cn1cc(O)c(=O)cc1Cc1c(O)c(=O)cc(CF)n1C. The van der Waals surface area contributed by atoms with Gasteiger partial charge in [0.15, 0.2) is 11.5 Å². The Bertz CT molecular complexity index is 808. The first-order chi connectivity index (χ1) is 9.85. The van der Waals surface area contributed by atoms with Crippen LogP contribution in [-0.4, -0.2) is 19.3 Å². The summed E-state index contributed by atoms with van der Waals surface area (Å²) in [5, 5.41) is 19.2. The second kappa shape index (κ2) is 5.43. The Hall–Kier alpha value is -2.57. The molecule has 0 atom stereocenters. The van der Waals surface area contributed by atoms with Crippen molar-refractivity contribution in [3.05, 3.63) is 55.9 Å². The molecule has 6 nitrogen and oxygen atoms in total. The zero-order valence-corrected chi connectivity index (χ0v) is 11.6. The molecule has 0 aliphatic carbocycles. The van der Waals surface area contributed by atoms with Gasteiger partial charge in [-0.05, 0) is 0 Å². The Kier molecular flexibility index (Phi) is 3.84. The molecule has 0 aromatic carbocycles. The van der Waals surface area contributed by atoms with Gasteiger partial charge in [-0.2, -0.15) is 0 Å². The van der Waals surface area contributed by atoms with Crippen LogP contribution < -0.4 is 10.9 Å². The molecule has 2 heterocycles. The van der Waals surface area contributed by atoms with Crippen molar-refractivity contribution in [3.63, 3.8) is 0 Å². The maximum absolute atomic E-state index is 12.9. The van der Waals surface area contributed by atoms with Crippen LogP contribution in [0.1, 0.15) is 17.1 Å². The number of hydrogen-bond donors (Lipinski definition) is 2. The van der Waals surface area contributed by atoms with Gasteiger partial charge in [0.25, 0.3) is 0 Å². The van der Waals surface area contributed by atoms with E-state index in [0.29, 0.717) is 5.69 Å². The smallest absolute Gasteiger partial charge is 0.223 e. The van der Waals surface area contributed by atoms with Crippen LogP contribution in [0.25, 0.3) is 0 Å². The van der Waals surface area contributed by atoms with Gasteiger partial charge >= 0.3 is 0 Å². The fourth-order valence-corrected chi connectivity index (χ4v) is 2.13. The first kappa shape index (κ1) is 14.8. The molecule has 0 fully saturated rings. The molecule has 112 valence electrons. The number of pyridine rings is 2. The van der Waals surface area contributed by atoms with Gasteiger partial charge in [-0.3, -0.25) is 9.59 Å². The molecule has 0 aliphatic heterocycles. The van der Waals surface area contributed by atoms with Gasteiger partial charge in [-0.25, -0.2) is 4.39 Å². The van der Waals surface area contributed by atoms with E-state index in [1.807, 2.05) is 0 Å². The van der Waals surface area contributed by atoms with E-state index in [4.69, 9.17) is 0 Å². The molecule has 7 heteroatoms. The fraction of sp³-hybridized carbons (Fsp3) is 0.286. The number of aryl methyl sites for hydroxylation is 1. The standard InChI is InChI=1S/C14H15FN2O4/c1-16-7-13(20)11(18)4-8(16)3-10-14(21)12(19)5-9(6-15)17(10)2/h4-5,7,20-21H,3,6H2,1-2H3. The molecule has 2 rings (SSSR count). The van der Waals surface area contributed by atoms with Crippen LogP contribution in [0.2, 0.25) is 0 Å². The van der Waals surface area contributed by atoms with Crippen LogP contribution in [0.15, 0.2) is 27.9 Å².